The normalized spacial score (nSPS) is 19.0. The number of aliphatic hydroxyl groups excluding tert-OH is 1. The Kier molecular flexibility index (Phi) is 18.3. The average molecular weight is 1530 g/mol. The number of imide groups is 2. The number of phenols is 1. The first-order valence-corrected chi connectivity index (χ1v) is 39.7. The lowest BCUT2D eigenvalue weighted by atomic mass is 9.53. The van der Waals surface area contributed by atoms with Crippen molar-refractivity contribution in [2.75, 3.05) is 9.80 Å². The number of carbonyl (C=O) groups excluding carboxylic acids is 4. The zero-order valence-electron chi connectivity index (χ0n) is 65.8. The molecule has 574 valence electrons. The van der Waals surface area contributed by atoms with Crippen LogP contribution in [0.15, 0.2) is 212 Å². The van der Waals surface area contributed by atoms with E-state index in [0.29, 0.717) is 127 Å². The number of amides is 4. The van der Waals surface area contributed by atoms with Gasteiger partial charge in [-0.15, -0.1) is 0 Å². The number of phenolic OH excluding ortho intramolecular Hbond substituents is 1. The van der Waals surface area contributed by atoms with Gasteiger partial charge in [0.25, 0.3) is 23.6 Å². The van der Waals surface area contributed by atoms with Crippen molar-refractivity contribution in [2.24, 2.45) is 50.4 Å². The maximum absolute atomic E-state index is 16.4. The number of fused-ring (bicyclic) bond motifs is 7. The fraction of sp³-hybridized carbons (Fsp3) is 0.268. The van der Waals surface area contributed by atoms with E-state index < -0.39 is 29.2 Å². The molecule has 18 nitrogen and oxygen atoms in total. The molecule has 9 aromatic carbocycles. The van der Waals surface area contributed by atoms with Crippen molar-refractivity contribution in [3.05, 3.63) is 268 Å². The van der Waals surface area contributed by atoms with Crippen molar-refractivity contribution >= 4 is 84.0 Å². The van der Waals surface area contributed by atoms with Gasteiger partial charge in [-0.3, -0.25) is 24.2 Å². The van der Waals surface area contributed by atoms with E-state index in [9.17, 15) is 15.3 Å². The number of aromatic nitrogens is 4. The third kappa shape index (κ3) is 12.8. The largest absolute Gasteiger partial charge is 0.508 e. The third-order valence-electron chi connectivity index (χ3n) is 24.8. The first kappa shape index (κ1) is 73.6. The van der Waals surface area contributed by atoms with E-state index in [1.54, 1.807) is 36.4 Å². The SMILES string of the molecule is CC(C)c1cccc(C(C)C)c1N1C(=O)c2cc(Oc3ccc[n+](C)c3)c3c4c(Oc5ccc[n+](C)c5)cc5c6c(cc(Oc7ccc[n+](C)c7)c(c7c(Oc8ccc[n+](C)c8)cc(c2c37)C1=O)c64)C(=O)N(c1ccc(CCCC(O)=NCc2ccc(C#C[C@]3(O)CC[C@H]4[C@@H]6CCc7cc(O)ccc7[C@H]6CC[C@@]43C)cc2)cc1)C5=O. The third-order valence-corrected chi connectivity index (χ3v) is 24.8. The Morgan fingerprint density at radius 2 is 0.991 bits per heavy atom. The number of ether oxygens (including phenoxy) is 4. The molecule has 0 radical (unpaired) electrons. The first-order chi connectivity index (χ1) is 55.5. The molecule has 13 aromatic rings. The zero-order chi connectivity index (χ0) is 79.6. The molecular formula is C97H89N7O11+4. The fourth-order valence-electron chi connectivity index (χ4n) is 19.2. The highest BCUT2D eigenvalue weighted by atomic mass is 16.5. The number of hydrogen-bond donors (Lipinski definition) is 3. The predicted molar refractivity (Wildman–Crippen MR) is 439 cm³/mol. The molecule has 3 aliphatic carbocycles. The van der Waals surface area contributed by atoms with Crippen molar-refractivity contribution in [2.45, 2.75) is 122 Å². The van der Waals surface area contributed by atoms with Gasteiger partial charge >= 0.3 is 0 Å². The van der Waals surface area contributed by atoms with Gasteiger partial charge in [-0.05, 0) is 199 Å². The van der Waals surface area contributed by atoms with Gasteiger partial charge < -0.3 is 34.3 Å². The van der Waals surface area contributed by atoms with Crippen LogP contribution in [0.4, 0.5) is 11.4 Å². The molecule has 0 spiro atoms. The van der Waals surface area contributed by atoms with E-state index in [1.165, 1.54) is 20.9 Å². The molecule has 0 saturated heterocycles. The Morgan fingerprint density at radius 1 is 0.530 bits per heavy atom. The minimum atomic E-state index is -1.09. The van der Waals surface area contributed by atoms with Crippen LogP contribution < -0.4 is 47.0 Å². The van der Waals surface area contributed by atoms with Gasteiger partial charge in [0.15, 0.2) is 53.7 Å². The Labute approximate surface area is 666 Å². The lowest BCUT2D eigenvalue weighted by molar-refractivity contribution is -0.671. The van der Waals surface area contributed by atoms with Gasteiger partial charge in [-0.25, -0.2) is 28.1 Å². The van der Waals surface area contributed by atoms with Crippen LogP contribution in [-0.4, -0.2) is 50.4 Å². The fourth-order valence-corrected chi connectivity index (χ4v) is 19.2. The van der Waals surface area contributed by atoms with Crippen molar-refractivity contribution < 1.29 is 71.7 Å². The molecule has 6 heterocycles. The summed E-state index contributed by atoms with van der Waals surface area (Å²) in [6, 6.07) is 48.3. The van der Waals surface area contributed by atoms with E-state index in [0.717, 1.165) is 59.9 Å². The highest BCUT2D eigenvalue weighted by Crippen LogP contribution is 2.65. The van der Waals surface area contributed by atoms with E-state index in [-0.39, 0.29) is 74.9 Å². The van der Waals surface area contributed by atoms with E-state index in [1.807, 2.05) is 239 Å². The van der Waals surface area contributed by atoms with Crippen LogP contribution in [0.1, 0.15) is 178 Å². The monoisotopic (exact) mass is 1530 g/mol. The molecule has 5 atom stereocenters. The minimum Gasteiger partial charge on any atom is -0.508 e. The molecule has 2 saturated carbocycles. The summed E-state index contributed by atoms with van der Waals surface area (Å²) < 4.78 is 36.4. The standard InChI is InChI=1S/C97H87N7O11/c1-56(2)68-21-11-22-69(57(3)4)91(68)104-94(109)75-49-80(114-66-19-14-44-101(8)54-66)87-85-78(112-64-17-12-42-99(6)52-64)47-73-83-74(48-79(113-65-18-13-43-100(7)53-65)86(89(83)85)88-81(115-67-20-15-45-102(9)55-67)50-76(95(104)110)84(75)90(87)88)93(108)103(92(73)107)62-31-28-58(29-32-62)16-10-23-82(106)98-51-60-26-24-59(25-27-60)36-40-97(111)41-38-77-72-34-30-61-46-63(105)33-35-70(61)71(72)37-39-96(77,97)5/h11-15,17-22,24-29,31-33,35,42-50,52-57,71-72,77,111H,10,16,23,30,34,37-39,41,51H2,1-9H3/q+2/p+2/t71-,72-,77+,96+,97+/m1/s1. The summed E-state index contributed by atoms with van der Waals surface area (Å²) >= 11 is 0. The number of pyridine rings is 4. The van der Waals surface area contributed by atoms with Crippen LogP contribution >= 0.6 is 0 Å². The number of benzene rings is 9. The Balaban J connectivity index is 0.712. The Hall–Kier alpha value is -12.9. The molecule has 0 unspecified atom stereocenters. The number of para-hydroxylation sites is 1. The molecule has 2 fully saturated rings. The highest BCUT2D eigenvalue weighted by Gasteiger charge is 2.61. The van der Waals surface area contributed by atoms with Gasteiger partial charge in [0, 0.05) is 84.8 Å². The molecule has 18 heteroatoms. The van der Waals surface area contributed by atoms with Gasteiger partial charge in [0.2, 0.25) is 24.8 Å². The van der Waals surface area contributed by atoms with Gasteiger partial charge in [-0.1, -0.05) is 95.0 Å². The van der Waals surface area contributed by atoms with E-state index >= 15 is 19.2 Å². The summed E-state index contributed by atoms with van der Waals surface area (Å²) in [5.41, 5.74) is 6.94. The van der Waals surface area contributed by atoms with Gasteiger partial charge in [0.05, 0.1) is 40.2 Å². The molecule has 115 heavy (non-hydrogen) atoms. The smallest absolute Gasteiger partial charge is 0.266 e. The van der Waals surface area contributed by atoms with Crippen LogP contribution in [0.2, 0.25) is 0 Å². The first-order valence-electron chi connectivity index (χ1n) is 39.7. The summed E-state index contributed by atoms with van der Waals surface area (Å²) in [4.78, 5) is 72.1. The number of aromatic hydroxyl groups is 1. The second kappa shape index (κ2) is 28.7. The lowest BCUT2D eigenvalue weighted by Gasteiger charge is -2.52. The molecule has 4 aromatic heterocycles. The maximum Gasteiger partial charge on any atom is 0.266 e. The second-order valence-corrected chi connectivity index (χ2v) is 32.8. The number of anilines is 2. The van der Waals surface area contributed by atoms with Crippen LogP contribution in [-0.2, 0) is 47.6 Å². The predicted octanol–water partition coefficient (Wildman–Crippen LogP) is 17.9. The number of aryl methyl sites for hydroxylation is 6. The quantitative estimate of drug-likeness (QED) is 0.0140. The summed E-state index contributed by atoms with van der Waals surface area (Å²) in [6.07, 6.45) is 21.7. The van der Waals surface area contributed by atoms with E-state index in [4.69, 9.17) is 18.9 Å². The number of rotatable bonds is 18. The van der Waals surface area contributed by atoms with Crippen LogP contribution in [0.5, 0.6) is 51.7 Å². The molecule has 4 amide bonds. The van der Waals surface area contributed by atoms with Crippen molar-refractivity contribution in [3.8, 4) is 63.6 Å². The Morgan fingerprint density at radius 3 is 1.45 bits per heavy atom. The number of carbonyl (C=O) groups is 4. The van der Waals surface area contributed by atoms with Crippen LogP contribution in [0, 0.1) is 29.1 Å². The molecule has 3 N–H and O–H groups in total. The van der Waals surface area contributed by atoms with Gasteiger partial charge in [-0.2, -0.15) is 0 Å². The number of aliphatic hydroxyl groups is 2. The minimum absolute atomic E-state index is 0.0196. The van der Waals surface area contributed by atoms with Crippen LogP contribution in [0.3, 0.4) is 0 Å². The average Bonchev–Trinajstić information content (AvgIpc) is 1.25. The topological polar surface area (TPSA) is 200 Å². The van der Waals surface area contributed by atoms with E-state index in [2.05, 4.69) is 29.8 Å². The number of nitrogens with zero attached hydrogens (tertiary/aromatic N) is 7. The summed E-state index contributed by atoms with van der Waals surface area (Å²) in [5.74, 6) is 8.17. The second-order valence-electron chi connectivity index (χ2n) is 32.8. The van der Waals surface area contributed by atoms with Crippen LogP contribution in [0.25, 0.3) is 43.1 Å². The molecule has 5 aliphatic rings. The Bertz CT molecular complexity index is 6090. The molecule has 0 bridgehead atoms. The number of aliphatic imine (C=N–C) groups is 1. The summed E-state index contributed by atoms with van der Waals surface area (Å²) in [6.45, 7) is 10.7. The highest BCUT2D eigenvalue weighted by molar-refractivity contribution is 6.48. The molecule has 2 aliphatic heterocycles. The van der Waals surface area contributed by atoms with Crippen molar-refractivity contribution in [1.82, 2.24) is 0 Å². The lowest BCUT2D eigenvalue weighted by Crippen LogP contribution is -2.50. The van der Waals surface area contributed by atoms with Crippen molar-refractivity contribution in [1.29, 1.82) is 0 Å². The summed E-state index contributed by atoms with van der Waals surface area (Å²) in [5, 5.41) is 36.6. The van der Waals surface area contributed by atoms with Crippen molar-refractivity contribution in [3.63, 3.8) is 0 Å². The molecular weight excluding hydrogens is 1440 g/mol. The maximum atomic E-state index is 16.4. The molecule has 18 rings (SSSR count). The zero-order valence-corrected chi connectivity index (χ0v) is 65.8. The summed E-state index contributed by atoms with van der Waals surface area (Å²) in [7, 11) is 7.51. The van der Waals surface area contributed by atoms with Gasteiger partial charge in [0.1, 0.15) is 62.5 Å². The number of hydrogen-bond acceptors (Lipinski definition) is 11.